The number of benzene rings is 2. The topological polar surface area (TPSA) is 52.4 Å². The minimum absolute atomic E-state index is 0.0179. The average molecular weight is 255 g/mol. The summed E-state index contributed by atoms with van der Waals surface area (Å²) in [6.45, 7) is 0.595. The molecule has 0 bridgehead atoms. The molecule has 0 N–H and O–H groups in total. The van der Waals surface area contributed by atoms with E-state index in [0.29, 0.717) is 6.61 Å². The Morgan fingerprint density at radius 3 is 2.42 bits per heavy atom. The van der Waals surface area contributed by atoms with Gasteiger partial charge in [-0.2, -0.15) is 0 Å². The van der Waals surface area contributed by atoms with Gasteiger partial charge in [0.25, 0.3) is 5.69 Å². The molecule has 0 saturated carbocycles. The predicted octanol–water partition coefficient (Wildman–Crippen LogP) is 3.41. The van der Waals surface area contributed by atoms with E-state index < -0.39 is 0 Å². The average Bonchev–Trinajstić information content (AvgIpc) is 2.47. The highest BCUT2D eigenvalue weighted by molar-refractivity contribution is 5.36. The minimum atomic E-state index is -0.388. The molecule has 0 saturated heterocycles. The van der Waals surface area contributed by atoms with Gasteiger partial charge in [0.15, 0.2) is 0 Å². The second-order valence-electron chi connectivity index (χ2n) is 4.62. The van der Waals surface area contributed by atoms with Gasteiger partial charge in [-0.05, 0) is 28.8 Å². The summed E-state index contributed by atoms with van der Waals surface area (Å²) in [4.78, 5) is 10.2. The van der Waals surface area contributed by atoms with Crippen LogP contribution in [0.4, 0.5) is 5.69 Å². The van der Waals surface area contributed by atoms with Crippen LogP contribution in [0.25, 0.3) is 0 Å². The zero-order chi connectivity index (χ0) is 13.2. The summed E-state index contributed by atoms with van der Waals surface area (Å²) >= 11 is 0. The van der Waals surface area contributed by atoms with E-state index in [1.165, 1.54) is 23.3 Å². The molecule has 1 aliphatic rings. The predicted molar refractivity (Wildman–Crippen MR) is 70.8 cm³/mol. The van der Waals surface area contributed by atoms with Crippen molar-refractivity contribution >= 4 is 5.69 Å². The van der Waals surface area contributed by atoms with Crippen molar-refractivity contribution in [1.82, 2.24) is 0 Å². The van der Waals surface area contributed by atoms with Crippen LogP contribution in [-0.2, 0) is 17.8 Å². The normalized spacial score (nSPS) is 17.8. The summed E-state index contributed by atoms with van der Waals surface area (Å²) in [5.41, 5.74) is 3.61. The maximum atomic E-state index is 10.6. The lowest BCUT2D eigenvalue weighted by Crippen LogP contribution is -2.15. The summed E-state index contributed by atoms with van der Waals surface area (Å²) in [5.74, 6) is 0. The SMILES string of the molecule is O=[N+]([O-])c1ccc([C@H]2Cc3ccccc3CO2)cc1. The maximum Gasteiger partial charge on any atom is 0.269 e. The Morgan fingerprint density at radius 1 is 1.05 bits per heavy atom. The van der Waals surface area contributed by atoms with Gasteiger partial charge in [-0.3, -0.25) is 10.1 Å². The van der Waals surface area contributed by atoms with Gasteiger partial charge in [-0.15, -0.1) is 0 Å². The third-order valence-electron chi connectivity index (χ3n) is 3.44. The first-order valence-corrected chi connectivity index (χ1v) is 6.17. The molecule has 4 heteroatoms. The van der Waals surface area contributed by atoms with Crippen molar-refractivity contribution in [2.24, 2.45) is 0 Å². The highest BCUT2D eigenvalue weighted by atomic mass is 16.6. The Hall–Kier alpha value is -2.20. The molecule has 0 unspecified atom stereocenters. The smallest absolute Gasteiger partial charge is 0.269 e. The molecule has 3 rings (SSSR count). The lowest BCUT2D eigenvalue weighted by molar-refractivity contribution is -0.384. The molecule has 1 heterocycles. The third kappa shape index (κ3) is 2.35. The van der Waals surface area contributed by atoms with E-state index >= 15 is 0 Å². The van der Waals surface area contributed by atoms with Gasteiger partial charge in [0, 0.05) is 18.6 Å². The van der Waals surface area contributed by atoms with E-state index in [0.717, 1.165) is 12.0 Å². The van der Waals surface area contributed by atoms with Crippen LogP contribution in [0.1, 0.15) is 22.8 Å². The van der Waals surface area contributed by atoms with E-state index in [-0.39, 0.29) is 16.7 Å². The maximum absolute atomic E-state index is 10.6. The van der Waals surface area contributed by atoms with Crippen molar-refractivity contribution < 1.29 is 9.66 Å². The number of nitro benzene ring substituents is 1. The van der Waals surface area contributed by atoms with Gasteiger partial charge < -0.3 is 4.74 Å². The quantitative estimate of drug-likeness (QED) is 0.610. The first kappa shape index (κ1) is 11.9. The molecule has 2 aromatic carbocycles. The lowest BCUT2D eigenvalue weighted by Gasteiger charge is -2.25. The van der Waals surface area contributed by atoms with E-state index in [4.69, 9.17) is 4.74 Å². The highest BCUT2D eigenvalue weighted by Gasteiger charge is 2.20. The van der Waals surface area contributed by atoms with Crippen LogP contribution in [0.3, 0.4) is 0 Å². The minimum Gasteiger partial charge on any atom is -0.368 e. The summed E-state index contributed by atoms with van der Waals surface area (Å²) in [6, 6.07) is 14.8. The van der Waals surface area contributed by atoms with Crippen LogP contribution in [0, 0.1) is 10.1 Å². The van der Waals surface area contributed by atoms with Crippen LogP contribution >= 0.6 is 0 Å². The molecule has 0 fully saturated rings. The van der Waals surface area contributed by atoms with Gasteiger partial charge in [-0.25, -0.2) is 0 Å². The summed E-state index contributed by atoms with van der Waals surface area (Å²) in [5, 5.41) is 10.6. The Balaban J connectivity index is 1.83. The summed E-state index contributed by atoms with van der Waals surface area (Å²) in [7, 11) is 0. The van der Waals surface area contributed by atoms with E-state index in [1.54, 1.807) is 12.1 Å². The van der Waals surface area contributed by atoms with Crippen LogP contribution in [0.2, 0.25) is 0 Å². The van der Waals surface area contributed by atoms with Gasteiger partial charge >= 0.3 is 0 Å². The van der Waals surface area contributed by atoms with Gasteiger partial charge in [0.2, 0.25) is 0 Å². The van der Waals surface area contributed by atoms with E-state index in [1.807, 2.05) is 12.1 Å². The fourth-order valence-corrected chi connectivity index (χ4v) is 2.37. The van der Waals surface area contributed by atoms with Gasteiger partial charge in [0.1, 0.15) is 0 Å². The molecule has 0 aromatic heterocycles. The fraction of sp³-hybridized carbons (Fsp3) is 0.200. The largest absolute Gasteiger partial charge is 0.368 e. The first-order chi connectivity index (χ1) is 9.24. The molecule has 1 aliphatic heterocycles. The van der Waals surface area contributed by atoms with Crippen molar-refractivity contribution in [2.75, 3.05) is 0 Å². The summed E-state index contributed by atoms with van der Waals surface area (Å²) < 4.78 is 5.82. The lowest BCUT2D eigenvalue weighted by atomic mass is 9.95. The van der Waals surface area contributed by atoms with Crippen molar-refractivity contribution in [2.45, 2.75) is 19.1 Å². The molecule has 0 aliphatic carbocycles. The number of ether oxygens (including phenoxy) is 1. The van der Waals surface area contributed by atoms with Crippen LogP contribution in [0.5, 0.6) is 0 Å². The Kier molecular flexibility index (Phi) is 3.01. The molecule has 1 atom stereocenters. The number of nitrogens with zero attached hydrogens (tertiary/aromatic N) is 1. The van der Waals surface area contributed by atoms with Crippen LogP contribution in [-0.4, -0.2) is 4.92 Å². The number of nitro groups is 1. The Labute approximate surface area is 110 Å². The second-order valence-corrected chi connectivity index (χ2v) is 4.62. The molecule has 0 radical (unpaired) electrons. The van der Waals surface area contributed by atoms with E-state index in [9.17, 15) is 10.1 Å². The molecule has 19 heavy (non-hydrogen) atoms. The molecule has 4 nitrogen and oxygen atoms in total. The molecule has 0 spiro atoms. The fourth-order valence-electron chi connectivity index (χ4n) is 2.37. The number of fused-ring (bicyclic) bond motifs is 1. The standard InChI is InChI=1S/C15H13NO3/c17-16(18)14-7-5-11(6-8-14)15-9-12-3-1-2-4-13(12)10-19-15/h1-8,15H,9-10H2/t15-/m1/s1. The van der Waals surface area contributed by atoms with Gasteiger partial charge in [-0.1, -0.05) is 24.3 Å². The third-order valence-corrected chi connectivity index (χ3v) is 3.44. The second kappa shape index (κ2) is 4.82. The van der Waals surface area contributed by atoms with Crippen LogP contribution < -0.4 is 0 Å². The number of rotatable bonds is 2. The Morgan fingerprint density at radius 2 is 1.74 bits per heavy atom. The summed E-state index contributed by atoms with van der Waals surface area (Å²) in [6.07, 6.45) is 0.796. The Bertz CT molecular complexity index is 607. The number of hydrogen-bond acceptors (Lipinski definition) is 3. The van der Waals surface area contributed by atoms with Crippen molar-refractivity contribution in [3.05, 3.63) is 75.3 Å². The monoisotopic (exact) mass is 255 g/mol. The first-order valence-electron chi connectivity index (χ1n) is 6.17. The highest BCUT2D eigenvalue weighted by Crippen LogP contribution is 2.30. The number of non-ortho nitro benzene ring substituents is 1. The van der Waals surface area contributed by atoms with E-state index in [2.05, 4.69) is 12.1 Å². The zero-order valence-electron chi connectivity index (χ0n) is 10.3. The van der Waals surface area contributed by atoms with Crippen LogP contribution in [0.15, 0.2) is 48.5 Å². The number of hydrogen-bond donors (Lipinski definition) is 0. The van der Waals surface area contributed by atoms with Crippen molar-refractivity contribution in [3.63, 3.8) is 0 Å². The molecular weight excluding hydrogens is 242 g/mol. The zero-order valence-corrected chi connectivity index (χ0v) is 10.3. The van der Waals surface area contributed by atoms with Gasteiger partial charge in [0.05, 0.1) is 17.6 Å². The molecule has 0 amide bonds. The van der Waals surface area contributed by atoms with Crippen molar-refractivity contribution in [3.8, 4) is 0 Å². The molecule has 96 valence electrons. The van der Waals surface area contributed by atoms with Crippen molar-refractivity contribution in [1.29, 1.82) is 0 Å². The molecular formula is C15H13NO3. The molecule has 2 aromatic rings.